The molecule has 0 saturated carbocycles. The van der Waals surface area contributed by atoms with E-state index < -0.39 is 11.7 Å². The van der Waals surface area contributed by atoms with E-state index in [1.807, 2.05) is 25.1 Å². The van der Waals surface area contributed by atoms with E-state index in [0.717, 1.165) is 32.4 Å². The highest BCUT2D eigenvalue weighted by molar-refractivity contribution is 14.1. The summed E-state index contributed by atoms with van der Waals surface area (Å²) in [5, 5.41) is 0. The molecule has 0 atom stereocenters. The van der Waals surface area contributed by atoms with Gasteiger partial charge in [0, 0.05) is 3.57 Å². The monoisotopic (exact) mass is 362 g/mol. The van der Waals surface area contributed by atoms with Crippen molar-refractivity contribution in [3.63, 3.8) is 0 Å². The molecule has 0 radical (unpaired) electrons. The Morgan fingerprint density at radius 1 is 0.889 bits per heavy atom. The molecule has 0 fully saturated rings. The van der Waals surface area contributed by atoms with Crippen LogP contribution < -0.4 is 0 Å². The lowest BCUT2D eigenvalue weighted by Crippen LogP contribution is -2.03. The summed E-state index contributed by atoms with van der Waals surface area (Å²) >= 11 is 2.23. The highest BCUT2D eigenvalue weighted by Gasteiger charge is 2.29. The fraction of sp³-hybridized carbons (Fsp3) is 0.143. The summed E-state index contributed by atoms with van der Waals surface area (Å²) in [5.74, 6) is 0. The molecule has 2 aromatic carbocycles. The number of rotatable bonds is 1. The molecule has 0 nitrogen and oxygen atoms in total. The third-order valence-electron chi connectivity index (χ3n) is 2.70. The van der Waals surface area contributed by atoms with E-state index in [2.05, 4.69) is 22.6 Å². The lowest BCUT2D eigenvalue weighted by Gasteiger charge is -2.08. The highest BCUT2D eigenvalue weighted by atomic mass is 127. The first-order valence-corrected chi connectivity index (χ1v) is 6.39. The topological polar surface area (TPSA) is 0 Å². The van der Waals surface area contributed by atoms with Gasteiger partial charge in [0.2, 0.25) is 0 Å². The van der Waals surface area contributed by atoms with Crippen LogP contribution in [0.3, 0.4) is 0 Å². The van der Waals surface area contributed by atoms with Crippen LogP contribution in [0.15, 0.2) is 42.5 Å². The van der Waals surface area contributed by atoms with Crippen molar-refractivity contribution in [2.24, 2.45) is 0 Å². The maximum absolute atomic E-state index is 12.4. The predicted molar refractivity (Wildman–Crippen MR) is 74.3 cm³/mol. The molecule has 2 rings (SSSR count). The fourth-order valence-electron chi connectivity index (χ4n) is 1.68. The van der Waals surface area contributed by atoms with Crippen molar-refractivity contribution in [1.29, 1.82) is 0 Å². The quantitative estimate of drug-likeness (QED) is 0.605. The number of aryl methyl sites for hydroxylation is 1. The van der Waals surface area contributed by atoms with Gasteiger partial charge < -0.3 is 0 Å². The minimum atomic E-state index is -4.28. The van der Waals surface area contributed by atoms with E-state index in [9.17, 15) is 13.2 Å². The third kappa shape index (κ3) is 2.85. The van der Waals surface area contributed by atoms with E-state index in [4.69, 9.17) is 0 Å². The van der Waals surface area contributed by atoms with Gasteiger partial charge in [-0.25, -0.2) is 0 Å². The SMILES string of the molecule is Cc1cc(-c2ccc(C(F)(F)F)cc2)ccc1I. The Morgan fingerprint density at radius 3 is 1.94 bits per heavy atom. The fourth-order valence-corrected chi connectivity index (χ4v) is 2.01. The average molecular weight is 362 g/mol. The number of benzene rings is 2. The van der Waals surface area contributed by atoms with Gasteiger partial charge in [0.25, 0.3) is 0 Å². The maximum atomic E-state index is 12.4. The minimum absolute atomic E-state index is 0.617. The van der Waals surface area contributed by atoms with Crippen LogP contribution in [0, 0.1) is 10.5 Å². The highest BCUT2D eigenvalue weighted by Crippen LogP contribution is 2.31. The molecule has 4 heteroatoms. The van der Waals surface area contributed by atoms with Gasteiger partial charge in [0.1, 0.15) is 0 Å². The lowest BCUT2D eigenvalue weighted by atomic mass is 10.0. The van der Waals surface area contributed by atoms with Gasteiger partial charge in [-0.05, 0) is 64.4 Å². The lowest BCUT2D eigenvalue weighted by molar-refractivity contribution is -0.137. The number of alkyl halides is 3. The molecule has 0 saturated heterocycles. The number of hydrogen-bond donors (Lipinski definition) is 0. The Kier molecular flexibility index (Phi) is 3.66. The zero-order chi connectivity index (χ0) is 13.3. The Balaban J connectivity index is 2.37. The van der Waals surface area contributed by atoms with E-state index in [-0.39, 0.29) is 0 Å². The van der Waals surface area contributed by atoms with E-state index in [0.29, 0.717) is 0 Å². The molecule has 94 valence electrons. The van der Waals surface area contributed by atoms with Crippen LogP contribution in [0.5, 0.6) is 0 Å². The first kappa shape index (κ1) is 13.4. The van der Waals surface area contributed by atoms with Crippen molar-refractivity contribution >= 4 is 22.6 Å². The number of hydrogen-bond acceptors (Lipinski definition) is 0. The molecule has 0 aromatic heterocycles. The van der Waals surface area contributed by atoms with Gasteiger partial charge in [-0.3, -0.25) is 0 Å². The summed E-state index contributed by atoms with van der Waals surface area (Å²) in [7, 11) is 0. The van der Waals surface area contributed by atoms with Gasteiger partial charge in [0.15, 0.2) is 0 Å². The van der Waals surface area contributed by atoms with Gasteiger partial charge in [-0.1, -0.05) is 24.3 Å². The zero-order valence-corrected chi connectivity index (χ0v) is 11.7. The van der Waals surface area contributed by atoms with Crippen LogP contribution in [0.1, 0.15) is 11.1 Å². The molecule has 0 aliphatic rings. The normalized spacial score (nSPS) is 11.6. The first-order valence-electron chi connectivity index (χ1n) is 5.32. The van der Waals surface area contributed by atoms with Crippen molar-refractivity contribution in [3.05, 3.63) is 57.2 Å². The van der Waals surface area contributed by atoms with Crippen molar-refractivity contribution < 1.29 is 13.2 Å². The minimum Gasteiger partial charge on any atom is -0.166 e. The summed E-state index contributed by atoms with van der Waals surface area (Å²) in [4.78, 5) is 0. The molecule has 0 spiro atoms. The van der Waals surface area contributed by atoms with Gasteiger partial charge in [-0.2, -0.15) is 13.2 Å². The summed E-state index contributed by atoms with van der Waals surface area (Å²) in [6.07, 6.45) is -4.28. The van der Waals surface area contributed by atoms with Crippen LogP contribution in [0.2, 0.25) is 0 Å². The molecule has 18 heavy (non-hydrogen) atoms. The van der Waals surface area contributed by atoms with Crippen molar-refractivity contribution in [2.45, 2.75) is 13.1 Å². The van der Waals surface area contributed by atoms with E-state index >= 15 is 0 Å². The molecule has 0 aliphatic heterocycles. The smallest absolute Gasteiger partial charge is 0.166 e. The van der Waals surface area contributed by atoms with E-state index in [1.54, 1.807) is 0 Å². The van der Waals surface area contributed by atoms with Crippen LogP contribution in [0.4, 0.5) is 13.2 Å². The van der Waals surface area contributed by atoms with Gasteiger partial charge in [0.05, 0.1) is 5.56 Å². The second kappa shape index (κ2) is 4.91. The molecule has 0 N–H and O–H groups in total. The van der Waals surface area contributed by atoms with Gasteiger partial charge in [-0.15, -0.1) is 0 Å². The maximum Gasteiger partial charge on any atom is 0.416 e. The molecular formula is C14H10F3I. The molecule has 0 unspecified atom stereocenters. The molecule has 0 amide bonds. The summed E-state index contributed by atoms with van der Waals surface area (Å²) in [6, 6.07) is 11.1. The Hall–Kier alpha value is -1.04. The molecule has 0 aliphatic carbocycles. The van der Waals surface area contributed by atoms with Gasteiger partial charge >= 0.3 is 6.18 Å². The van der Waals surface area contributed by atoms with Crippen LogP contribution >= 0.6 is 22.6 Å². The summed E-state index contributed by atoms with van der Waals surface area (Å²) in [6.45, 7) is 1.98. The van der Waals surface area contributed by atoms with Crippen LogP contribution in [-0.2, 0) is 6.18 Å². The largest absolute Gasteiger partial charge is 0.416 e. The second-order valence-corrected chi connectivity index (χ2v) is 5.20. The van der Waals surface area contributed by atoms with Crippen molar-refractivity contribution in [3.8, 4) is 11.1 Å². The Bertz CT molecular complexity index is 556. The van der Waals surface area contributed by atoms with E-state index in [1.165, 1.54) is 12.1 Å². The van der Waals surface area contributed by atoms with Crippen molar-refractivity contribution in [2.75, 3.05) is 0 Å². The first-order chi connectivity index (χ1) is 8.38. The molecular weight excluding hydrogens is 352 g/mol. The number of halogens is 4. The third-order valence-corrected chi connectivity index (χ3v) is 3.91. The standard InChI is InChI=1S/C14H10F3I/c1-9-8-11(4-7-13(9)18)10-2-5-12(6-3-10)14(15,16)17/h2-8H,1H3. The Labute approximate surface area is 117 Å². The van der Waals surface area contributed by atoms with Crippen LogP contribution in [0.25, 0.3) is 11.1 Å². The summed E-state index contributed by atoms with van der Waals surface area (Å²) in [5.41, 5.74) is 2.23. The second-order valence-electron chi connectivity index (χ2n) is 4.04. The molecule has 2 aromatic rings. The average Bonchev–Trinajstić information content (AvgIpc) is 2.32. The molecule has 0 heterocycles. The van der Waals surface area contributed by atoms with Crippen LogP contribution in [-0.4, -0.2) is 0 Å². The zero-order valence-electron chi connectivity index (χ0n) is 9.55. The summed E-state index contributed by atoms with van der Waals surface area (Å²) < 4.78 is 38.5. The van der Waals surface area contributed by atoms with Crippen molar-refractivity contribution in [1.82, 2.24) is 0 Å². The Morgan fingerprint density at radius 2 is 1.44 bits per heavy atom. The molecule has 0 bridgehead atoms. The predicted octanol–water partition coefficient (Wildman–Crippen LogP) is 5.29.